The molecule has 6 radical (unpaired) electrons. The van der Waals surface area contributed by atoms with E-state index in [2.05, 4.69) is 115 Å². The van der Waals surface area contributed by atoms with Crippen molar-refractivity contribution in [3.63, 3.8) is 0 Å². The third-order valence-electron chi connectivity index (χ3n) is 11.5. The van der Waals surface area contributed by atoms with E-state index in [1.165, 1.54) is 44.2 Å². The van der Waals surface area contributed by atoms with Crippen molar-refractivity contribution in [3.05, 3.63) is 152 Å². The first kappa shape index (κ1) is 32.5. The van der Waals surface area contributed by atoms with E-state index in [4.69, 9.17) is 28.5 Å². The zero-order valence-electron chi connectivity index (χ0n) is 30.0. The zero-order valence-corrected chi connectivity index (χ0v) is 30.0. The van der Waals surface area contributed by atoms with Gasteiger partial charge in [0.15, 0.2) is 5.75 Å². The third kappa shape index (κ3) is 4.43. The van der Waals surface area contributed by atoms with Crippen molar-refractivity contribution in [1.82, 2.24) is 9.55 Å². The van der Waals surface area contributed by atoms with Crippen LogP contribution in [0.2, 0.25) is 0 Å². The molecular weight excluding hydrogens is 681 g/mol. The summed E-state index contributed by atoms with van der Waals surface area (Å²) < 4.78 is 1.93. The Balaban J connectivity index is 1.18. The molecule has 1 aliphatic rings. The number of aromatic nitrogens is 2. The minimum absolute atomic E-state index is 0.0227. The quantitative estimate of drug-likeness (QED) is 0.109. The summed E-state index contributed by atoms with van der Waals surface area (Å²) in [5, 5.41) is 29.1. The molecule has 0 unspecified atom stereocenters. The summed E-state index contributed by atoms with van der Waals surface area (Å²) in [4.78, 5) is 4.91. The first-order chi connectivity index (χ1) is 27.4. The van der Waals surface area contributed by atoms with Crippen LogP contribution in [-0.2, 0) is 0 Å². The molecule has 254 valence electrons. The van der Waals surface area contributed by atoms with Gasteiger partial charge in [-0.15, -0.1) is 5.46 Å². The maximum atomic E-state index is 11.2. The number of hydrogen-bond acceptors (Lipinski definition) is 3. The predicted octanol–water partition coefficient (Wildman–Crippen LogP) is 8.93. The van der Waals surface area contributed by atoms with Crippen molar-refractivity contribution in [1.29, 1.82) is 0 Å². The topological polar surface area (TPSA) is 58.3 Å². The zero-order chi connectivity index (χ0) is 37.8. The highest BCUT2D eigenvalue weighted by Crippen LogP contribution is 2.52. The van der Waals surface area contributed by atoms with E-state index in [1.54, 1.807) is 0 Å². The van der Waals surface area contributed by atoms with Crippen LogP contribution in [0.3, 0.4) is 0 Å². The second-order valence-corrected chi connectivity index (χ2v) is 14.4. The number of phenolic OH excluding ortho intramolecular Hbond substituents is 2. The largest absolute Gasteiger partial charge is 0.505 e. The molecule has 1 aliphatic carbocycles. The van der Waals surface area contributed by atoms with E-state index in [-0.39, 0.29) is 22.0 Å². The Kier molecular flexibility index (Phi) is 6.96. The minimum atomic E-state index is -0.540. The van der Waals surface area contributed by atoms with E-state index >= 15 is 0 Å². The minimum Gasteiger partial charge on any atom is -0.505 e. The molecule has 0 amide bonds. The molecule has 2 N–H and O–H groups in total. The van der Waals surface area contributed by atoms with Crippen molar-refractivity contribution in [2.45, 2.75) is 0 Å². The first-order valence-electron chi connectivity index (χ1n) is 18.5. The predicted molar refractivity (Wildman–Crippen MR) is 234 cm³/mol. The molecule has 0 saturated heterocycles. The van der Waals surface area contributed by atoms with Gasteiger partial charge in [0, 0.05) is 5.69 Å². The highest BCUT2D eigenvalue weighted by Gasteiger charge is 2.26. The fraction of sp³-hybridized carbons (Fsp3) is 0. The van der Waals surface area contributed by atoms with Crippen LogP contribution in [0, 0.1) is 0 Å². The molecule has 10 aromatic rings. The summed E-state index contributed by atoms with van der Waals surface area (Å²) in [6.45, 7) is 0. The Labute approximate surface area is 326 Å². The SMILES string of the molecule is [B]c1c([B])c(O)c(O)c(-c2nc3ccccc3n2-c2cccc(-c3c4ccccc4c(-c4ccc5c6c(cccc46)-c4ccccc4-5)c4ccccc34)c2)c1[B]. The molecule has 0 bridgehead atoms. The number of phenols is 2. The van der Waals surface area contributed by atoms with E-state index < -0.39 is 11.5 Å². The Hall–Kier alpha value is -6.98. The number of imidazole rings is 1. The standard InChI is InChI=1S/C49H27B3N2O2/c50-44-43(47(55)48(56)46(52)45(44)51)49-53-38-21-7-8-22-39(38)54(49)27-12-9-11-26(25-27)40-31-15-3-5-17-33(31)42(34-18-6-4-16-32(34)40)37-24-23-36-29-14-2-1-13-28(29)30-19-10-20-35(37)41(30)36/h1-25,55-56H. The van der Waals surface area contributed by atoms with Gasteiger partial charge in [0.25, 0.3) is 0 Å². The van der Waals surface area contributed by atoms with Crippen LogP contribution >= 0.6 is 0 Å². The normalized spacial score (nSPS) is 11.9. The van der Waals surface area contributed by atoms with Crippen LogP contribution in [0.15, 0.2) is 152 Å². The average molecular weight is 708 g/mol. The molecule has 0 saturated carbocycles. The molecule has 0 aliphatic heterocycles. The lowest BCUT2D eigenvalue weighted by Gasteiger charge is -2.20. The number of aromatic hydroxyl groups is 2. The number of rotatable bonds is 4. The molecule has 9 aromatic carbocycles. The average Bonchev–Trinajstić information content (AvgIpc) is 3.78. The lowest BCUT2D eigenvalue weighted by Crippen LogP contribution is -2.40. The second-order valence-electron chi connectivity index (χ2n) is 14.4. The second kappa shape index (κ2) is 12.0. The molecule has 11 rings (SSSR count). The van der Waals surface area contributed by atoms with Crippen LogP contribution in [-0.4, -0.2) is 43.3 Å². The number of fused-ring (bicyclic) bond motifs is 6. The molecule has 7 heteroatoms. The van der Waals surface area contributed by atoms with Crippen molar-refractivity contribution >= 4 is 83.3 Å². The van der Waals surface area contributed by atoms with E-state index in [0.717, 1.165) is 43.9 Å². The third-order valence-corrected chi connectivity index (χ3v) is 11.5. The lowest BCUT2D eigenvalue weighted by molar-refractivity contribution is 0.408. The van der Waals surface area contributed by atoms with Crippen LogP contribution in [0.1, 0.15) is 0 Å². The van der Waals surface area contributed by atoms with Gasteiger partial charge >= 0.3 is 0 Å². The molecule has 4 nitrogen and oxygen atoms in total. The molecule has 0 atom stereocenters. The first-order valence-corrected chi connectivity index (χ1v) is 18.5. The summed E-state index contributed by atoms with van der Waals surface area (Å²) in [7, 11) is 18.7. The van der Waals surface area contributed by atoms with Crippen LogP contribution in [0.5, 0.6) is 11.5 Å². The van der Waals surface area contributed by atoms with E-state index in [1.807, 2.05) is 41.0 Å². The Bertz CT molecular complexity index is 3220. The molecular formula is C49H27B3N2O2. The van der Waals surface area contributed by atoms with Gasteiger partial charge in [-0.2, -0.15) is 0 Å². The van der Waals surface area contributed by atoms with Gasteiger partial charge < -0.3 is 10.2 Å². The summed E-state index contributed by atoms with van der Waals surface area (Å²) in [5.74, 6) is -0.706. The number of benzene rings is 9. The number of nitrogens with zero attached hydrogens (tertiary/aromatic N) is 2. The van der Waals surface area contributed by atoms with Crippen LogP contribution < -0.4 is 16.4 Å². The van der Waals surface area contributed by atoms with Crippen LogP contribution in [0.25, 0.3) is 105 Å². The molecule has 56 heavy (non-hydrogen) atoms. The van der Waals surface area contributed by atoms with Gasteiger partial charge in [-0.05, 0) is 101 Å². The Morgan fingerprint density at radius 2 is 0.982 bits per heavy atom. The van der Waals surface area contributed by atoms with Crippen molar-refractivity contribution in [3.8, 4) is 73.1 Å². The fourth-order valence-electron chi connectivity index (χ4n) is 9.02. The highest BCUT2D eigenvalue weighted by atomic mass is 16.3. The molecule has 0 fully saturated rings. The van der Waals surface area contributed by atoms with Crippen molar-refractivity contribution < 1.29 is 10.2 Å². The molecule has 1 heterocycles. The monoisotopic (exact) mass is 708 g/mol. The maximum Gasteiger partial charge on any atom is 0.167 e. The highest BCUT2D eigenvalue weighted by molar-refractivity contribution is 6.59. The smallest absolute Gasteiger partial charge is 0.167 e. The van der Waals surface area contributed by atoms with E-state index in [0.29, 0.717) is 11.3 Å². The van der Waals surface area contributed by atoms with Gasteiger partial charge in [-0.25, -0.2) is 4.98 Å². The van der Waals surface area contributed by atoms with Crippen LogP contribution in [0.4, 0.5) is 0 Å². The van der Waals surface area contributed by atoms with Gasteiger partial charge in [-0.1, -0.05) is 138 Å². The lowest BCUT2D eigenvalue weighted by atomic mass is 9.69. The van der Waals surface area contributed by atoms with Gasteiger partial charge in [0.2, 0.25) is 0 Å². The Morgan fingerprint density at radius 3 is 1.70 bits per heavy atom. The Morgan fingerprint density at radius 1 is 0.429 bits per heavy atom. The van der Waals surface area contributed by atoms with E-state index in [9.17, 15) is 10.2 Å². The molecule has 0 spiro atoms. The van der Waals surface area contributed by atoms with Gasteiger partial charge in [0.05, 0.1) is 16.6 Å². The number of hydrogen-bond donors (Lipinski definition) is 2. The summed E-state index contributed by atoms with van der Waals surface area (Å²) in [6, 6.07) is 53.2. The van der Waals surface area contributed by atoms with Gasteiger partial charge in [0.1, 0.15) is 35.1 Å². The summed E-state index contributed by atoms with van der Waals surface area (Å²) in [5.41, 5.74) is 11.8. The summed E-state index contributed by atoms with van der Waals surface area (Å²) >= 11 is 0. The van der Waals surface area contributed by atoms with Crippen molar-refractivity contribution in [2.24, 2.45) is 0 Å². The maximum absolute atomic E-state index is 11.2. The summed E-state index contributed by atoms with van der Waals surface area (Å²) in [6.07, 6.45) is 0. The molecule has 1 aromatic heterocycles. The number of para-hydroxylation sites is 2. The van der Waals surface area contributed by atoms with Crippen molar-refractivity contribution in [2.75, 3.05) is 0 Å². The fourth-order valence-corrected chi connectivity index (χ4v) is 9.02. The van der Waals surface area contributed by atoms with Gasteiger partial charge in [-0.3, -0.25) is 4.57 Å².